The second-order valence-electron chi connectivity index (χ2n) is 3.45. The van der Waals surface area contributed by atoms with Gasteiger partial charge in [-0.05, 0) is 13.8 Å². The van der Waals surface area contributed by atoms with Crippen LogP contribution in [0.5, 0.6) is 0 Å². The summed E-state index contributed by atoms with van der Waals surface area (Å²) in [5, 5.41) is 3.98. The summed E-state index contributed by atoms with van der Waals surface area (Å²) in [7, 11) is 0. The number of aryl methyl sites for hydroxylation is 1. The first-order valence-electron chi connectivity index (χ1n) is 5.71. The van der Waals surface area contributed by atoms with Gasteiger partial charge in [-0.1, -0.05) is 43.3 Å². The van der Waals surface area contributed by atoms with Crippen LogP contribution in [0.2, 0.25) is 0 Å². The SMILES string of the molecule is CC.Cc1onc(-c2ccc(C=O)cc2)c1C. The van der Waals surface area contributed by atoms with E-state index in [1.165, 1.54) is 0 Å². The molecule has 0 bridgehead atoms. The summed E-state index contributed by atoms with van der Waals surface area (Å²) in [6, 6.07) is 7.28. The van der Waals surface area contributed by atoms with Gasteiger partial charge >= 0.3 is 0 Å². The lowest BCUT2D eigenvalue weighted by Gasteiger charge is -1.97. The predicted octanol–water partition coefficient (Wildman–Crippen LogP) is 3.80. The molecule has 3 heteroatoms. The molecule has 0 fully saturated rings. The number of hydrogen-bond acceptors (Lipinski definition) is 3. The Bertz CT molecular complexity index is 483. The Balaban J connectivity index is 0.000000686. The highest BCUT2D eigenvalue weighted by Gasteiger charge is 2.09. The first kappa shape index (κ1) is 13.2. The molecule has 0 atom stereocenters. The molecule has 0 radical (unpaired) electrons. The zero-order valence-electron chi connectivity index (χ0n) is 10.7. The van der Waals surface area contributed by atoms with Gasteiger partial charge in [-0.3, -0.25) is 4.79 Å². The number of rotatable bonds is 2. The standard InChI is InChI=1S/C12H11NO2.C2H6/c1-8-9(2)15-13-12(8)11-5-3-10(7-14)4-6-11;1-2/h3-7H,1-2H3;1-2H3. The Labute approximate surface area is 101 Å². The van der Waals surface area contributed by atoms with E-state index < -0.39 is 0 Å². The van der Waals surface area contributed by atoms with Crippen LogP contribution in [0.15, 0.2) is 28.8 Å². The van der Waals surface area contributed by atoms with E-state index in [0.29, 0.717) is 5.56 Å². The molecule has 2 aromatic rings. The number of nitrogens with zero attached hydrogens (tertiary/aromatic N) is 1. The Morgan fingerprint density at radius 1 is 1.12 bits per heavy atom. The van der Waals surface area contributed by atoms with Crippen LogP contribution in [0, 0.1) is 13.8 Å². The number of carbonyl (C=O) groups is 1. The molecule has 0 aliphatic carbocycles. The number of hydrogen-bond donors (Lipinski definition) is 0. The van der Waals surface area contributed by atoms with Gasteiger partial charge in [-0.15, -0.1) is 0 Å². The topological polar surface area (TPSA) is 43.1 Å². The molecule has 0 aliphatic rings. The van der Waals surface area contributed by atoms with Gasteiger partial charge in [0.15, 0.2) is 0 Å². The molecule has 0 saturated heterocycles. The summed E-state index contributed by atoms with van der Waals surface area (Å²) >= 11 is 0. The molecule has 2 rings (SSSR count). The molecular formula is C14H17NO2. The second-order valence-corrected chi connectivity index (χ2v) is 3.45. The molecule has 0 unspecified atom stereocenters. The molecule has 90 valence electrons. The normalized spacial score (nSPS) is 9.41. The van der Waals surface area contributed by atoms with Crippen molar-refractivity contribution in [1.29, 1.82) is 0 Å². The quantitative estimate of drug-likeness (QED) is 0.738. The first-order valence-corrected chi connectivity index (χ1v) is 5.71. The molecular weight excluding hydrogens is 214 g/mol. The van der Waals surface area contributed by atoms with E-state index in [9.17, 15) is 4.79 Å². The van der Waals surface area contributed by atoms with Crippen molar-refractivity contribution >= 4 is 6.29 Å². The van der Waals surface area contributed by atoms with Crippen molar-refractivity contribution in [3.8, 4) is 11.3 Å². The average Bonchev–Trinajstić information content (AvgIpc) is 2.73. The van der Waals surface area contributed by atoms with Crippen LogP contribution in [0.25, 0.3) is 11.3 Å². The maximum Gasteiger partial charge on any atom is 0.150 e. The molecule has 3 nitrogen and oxygen atoms in total. The second kappa shape index (κ2) is 5.99. The van der Waals surface area contributed by atoms with Crippen LogP contribution in [0.1, 0.15) is 35.5 Å². The van der Waals surface area contributed by atoms with E-state index in [1.54, 1.807) is 12.1 Å². The molecule has 1 aromatic heterocycles. The van der Waals surface area contributed by atoms with E-state index in [-0.39, 0.29) is 0 Å². The van der Waals surface area contributed by atoms with E-state index in [1.807, 2.05) is 39.8 Å². The highest BCUT2D eigenvalue weighted by molar-refractivity contribution is 5.76. The summed E-state index contributed by atoms with van der Waals surface area (Å²) in [6.07, 6.45) is 0.824. The number of benzene rings is 1. The molecule has 17 heavy (non-hydrogen) atoms. The fraction of sp³-hybridized carbons (Fsp3) is 0.286. The molecule has 0 aliphatic heterocycles. The van der Waals surface area contributed by atoms with Crippen LogP contribution in [-0.4, -0.2) is 11.4 Å². The summed E-state index contributed by atoms with van der Waals surface area (Å²) in [5.74, 6) is 0.824. The van der Waals surface area contributed by atoms with Crippen molar-refractivity contribution in [2.45, 2.75) is 27.7 Å². The minimum Gasteiger partial charge on any atom is -0.361 e. The predicted molar refractivity (Wildman–Crippen MR) is 68.1 cm³/mol. The van der Waals surface area contributed by atoms with Gasteiger partial charge in [0.25, 0.3) is 0 Å². The van der Waals surface area contributed by atoms with Gasteiger partial charge in [0.2, 0.25) is 0 Å². The van der Waals surface area contributed by atoms with Crippen molar-refractivity contribution in [1.82, 2.24) is 5.16 Å². The molecule has 0 saturated carbocycles. The van der Waals surface area contributed by atoms with Gasteiger partial charge in [0.1, 0.15) is 17.7 Å². The van der Waals surface area contributed by atoms with Crippen molar-refractivity contribution in [3.63, 3.8) is 0 Å². The molecule has 0 amide bonds. The Kier molecular flexibility index (Phi) is 4.64. The Morgan fingerprint density at radius 3 is 2.12 bits per heavy atom. The van der Waals surface area contributed by atoms with Gasteiger partial charge in [0.05, 0.1) is 0 Å². The van der Waals surface area contributed by atoms with Crippen LogP contribution in [0.4, 0.5) is 0 Å². The van der Waals surface area contributed by atoms with Crippen LogP contribution in [0.3, 0.4) is 0 Å². The first-order chi connectivity index (χ1) is 8.22. The van der Waals surface area contributed by atoms with Gasteiger partial charge in [0, 0.05) is 16.7 Å². The van der Waals surface area contributed by atoms with Crippen molar-refractivity contribution < 1.29 is 9.32 Å². The summed E-state index contributed by atoms with van der Waals surface area (Å²) < 4.78 is 5.09. The Morgan fingerprint density at radius 2 is 1.71 bits per heavy atom. The van der Waals surface area contributed by atoms with Crippen LogP contribution in [-0.2, 0) is 0 Å². The van der Waals surface area contributed by atoms with Crippen LogP contribution < -0.4 is 0 Å². The zero-order chi connectivity index (χ0) is 12.8. The summed E-state index contributed by atoms with van der Waals surface area (Å²) in [4.78, 5) is 10.5. The molecule has 0 spiro atoms. The van der Waals surface area contributed by atoms with Gasteiger partial charge in [-0.2, -0.15) is 0 Å². The smallest absolute Gasteiger partial charge is 0.150 e. The number of carbonyl (C=O) groups excluding carboxylic acids is 1. The maximum absolute atomic E-state index is 10.5. The highest BCUT2D eigenvalue weighted by atomic mass is 16.5. The molecule has 1 heterocycles. The maximum atomic E-state index is 10.5. The lowest BCUT2D eigenvalue weighted by molar-refractivity contribution is 0.112. The average molecular weight is 231 g/mol. The van der Waals surface area contributed by atoms with E-state index in [4.69, 9.17) is 4.52 Å². The van der Waals surface area contributed by atoms with Crippen molar-refractivity contribution in [3.05, 3.63) is 41.2 Å². The largest absolute Gasteiger partial charge is 0.361 e. The lowest BCUT2D eigenvalue weighted by atomic mass is 10.1. The van der Waals surface area contributed by atoms with E-state index in [2.05, 4.69) is 5.16 Å². The summed E-state index contributed by atoms with van der Waals surface area (Å²) in [5.41, 5.74) is 3.50. The van der Waals surface area contributed by atoms with Gasteiger partial charge < -0.3 is 4.52 Å². The Hall–Kier alpha value is -1.90. The van der Waals surface area contributed by atoms with Crippen molar-refractivity contribution in [2.24, 2.45) is 0 Å². The number of aldehydes is 1. The minimum atomic E-state index is 0.664. The fourth-order valence-corrected chi connectivity index (χ4v) is 1.41. The number of aromatic nitrogens is 1. The molecule has 1 aromatic carbocycles. The highest BCUT2D eigenvalue weighted by Crippen LogP contribution is 2.24. The molecule has 0 N–H and O–H groups in total. The fourth-order valence-electron chi connectivity index (χ4n) is 1.41. The van der Waals surface area contributed by atoms with E-state index >= 15 is 0 Å². The monoisotopic (exact) mass is 231 g/mol. The third-order valence-electron chi connectivity index (χ3n) is 2.48. The lowest BCUT2D eigenvalue weighted by Crippen LogP contribution is -1.83. The minimum absolute atomic E-state index is 0.664. The zero-order valence-corrected chi connectivity index (χ0v) is 10.7. The third-order valence-corrected chi connectivity index (χ3v) is 2.48. The van der Waals surface area contributed by atoms with Crippen LogP contribution >= 0.6 is 0 Å². The van der Waals surface area contributed by atoms with Crippen molar-refractivity contribution in [2.75, 3.05) is 0 Å². The third kappa shape index (κ3) is 2.81. The van der Waals surface area contributed by atoms with E-state index in [0.717, 1.165) is 28.9 Å². The van der Waals surface area contributed by atoms with Gasteiger partial charge in [-0.25, -0.2) is 0 Å². The summed E-state index contributed by atoms with van der Waals surface area (Å²) in [6.45, 7) is 7.85.